The summed E-state index contributed by atoms with van der Waals surface area (Å²) in [5.74, 6) is 0.491. The zero-order valence-electron chi connectivity index (χ0n) is 15.1. The second-order valence-electron chi connectivity index (χ2n) is 6.83. The van der Waals surface area contributed by atoms with E-state index in [4.69, 9.17) is 4.98 Å². The van der Waals surface area contributed by atoms with Gasteiger partial charge in [0, 0.05) is 18.1 Å². The first-order valence-electron chi connectivity index (χ1n) is 9.32. The SMILES string of the molecule is N#Cc1c(NCc2cn3ccccc3n2)nc2c(c1C#N)CCCCCC2. The Kier molecular flexibility index (Phi) is 4.72. The lowest BCUT2D eigenvalue weighted by atomic mass is 9.91. The number of nitriles is 2. The van der Waals surface area contributed by atoms with E-state index in [9.17, 15) is 10.5 Å². The Balaban J connectivity index is 1.68. The molecule has 0 atom stereocenters. The molecule has 0 spiro atoms. The smallest absolute Gasteiger partial charge is 0.145 e. The van der Waals surface area contributed by atoms with Crippen LogP contribution in [0.15, 0.2) is 30.6 Å². The van der Waals surface area contributed by atoms with Gasteiger partial charge in [0.15, 0.2) is 0 Å². The molecule has 1 aliphatic carbocycles. The fraction of sp³-hybridized carbons (Fsp3) is 0.333. The van der Waals surface area contributed by atoms with Crippen LogP contribution < -0.4 is 5.32 Å². The molecule has 1 aliphatic rings. The number of rotatable bonds is 3. The second-order valence-corrected chi connectivity index (χ2v) is 6.83. The summed E-state index contributed by atoms with van der Waals surface area (Å²) >= 11 is 0. The summed E-state index contributed by atoms with van der Waals surface area (Å²) in [6.45, 7) is 0.451. The highest BCUT2D eigenvalue weighted by Gasteiger charge is 2.20. The van der Waals surface area contributed by atoms with Crippen LogP contribution in [-0.2, 0) is 19.4 Å². The molecule has 27 heavy (non-hydrogen) atoms. The highest BCUT2D eigenvalue weighted by molar-refractivity contribution is 5.64. The van der Waals surface area contributed by atoms with Crippen LogP contribution in [0.5, 0.6) is 0 Å². The Morgan fingerprint density at radius 1 is 1.00 bits per heavy atom. The minimum absolute atomic E-state index is 0.348. The summed E-state index contributed by atoms with van der Waals surface area (Å²) in [5, 5.41) is 22.6. The molecule has 3 aromatic heterocycles. The summed E-state index contributed by atoms with van der Waals surface area (Å²) in [7, 11) is 0. The predicted octanol–water partition coefficient (Wildman–Crippen LogP) is 3.74. The molecule has 3 heterocycles. The third-order valence-corrected chi connectivity index (χ3v) is 5.05. The molecule has 0 bridgehead atoms. The summed E-state index contributed by atoms with van der Waals surface area (Å²) in [4.78, 5) is 9.31. The van der Waals surface area contributed by atoms with Gasteiger partial charge >= 0.3 is 0 Å². The third-order valence-electron chi connectivity index (χ3n) is 5.05. The Hall–Kier alpha value is -3.38. The molecule has 0 saturated heterocycles. The molecule has 1 N–H and O–H groups in total. The van der Waals surface area contributed by atoms with Crippen LogP contribution in [0.3, 0.4) is 0 Å². The van der Waals surface area contributed by atoms with Crippen molar-refractivity contribution in [1.82, 2.24) is 14.4 Å². The van der Waals surface area contributed by atoms with E-state index in [0.717, 1.165) is 48.3 Å². The highest BCUT2D eigenvalue weighted by Crippen LogP contribution is 2.28. The molecular formula is C21H20N6. The van der Waals surface area contributed by atoms with Gasteiger partial charge in [-0.2, -0.15) is 10.5 Å². The van der Waals surface area contributed by atoms with Crippen LogP contribution >= 0.6 is 0 Å². The lowest BCUT2D eigenvalue weighted by Crippen LogP contribution is -2.12. The first kappa shape index (κ1) is 17.1. The van der Waals surface area contributed by atoms with E-state index in [-0.39, 0.29) is 0 Å². The molecule has 6 heteroatoms. The molecule has 4 rings (SSSR count). The molecule has 134 valence electrons. The fourth-order valence-electron chi connectivity index (χ4n) is 3.70. The number of aryl methyl sites for hydroxylation is 1. The van der Waals surface area contributed by atoms with Crippen LogP contribution in [0.2, 0.25) is 0 Å². The van der Waals surface area contributed by atoms with Crippen molar-refractivity contribution in [3.63, 3.8) is 0 Å². The van der Waals surface area contributed by atoms with Crippen LogP contribution in [0.4, 0.5) is 5.82 Å². The van der Waals surface area contributed by atoms with Gasteiger partial charge in [-0.15, -0.1) is 0 Å². The Morgan fingerprint density at radius 2 is 1.81 bits per heavy atom. The maximum atomic E-state index is 9.70. The van der Waals surface area contributed by atoms with E-state index in [1.165, 1.54) is 12.8 Å². The molecule has 0 amide bonds. The lowest BCUT2D eigenvalue weighted by molar-refractivity contribution is 0.608. The third kappa shape index (κ3) is 3.35. The molecular weight excluding hydrogens is 336 g/mol. The molecule has 0 radical (unpaired) electrons. The van der Waals surface area contributed by atoms with Crippen molar-refractivity contribution >= 4 is 11.5 Å². The largest absolute Gasteiger partial charge is 0.363 e. The number of hydrogen-bond acceptors (Lipinski definition) is 5. The second kappa shape index (κ2) is 7.47. The van der Waals surface area contributed by atoms with Gasteiger partial charge in [-0.1, -0.05) is 18.9 Å². The van der Waals surface area contributed by atoms with Gasteiger partial charge in [0.2, 0.25) is 0 Å². The quantitative estimate of drug-likeness (QED) is 0.772. The maximum absolute atomic E-state index is 9.70. The van der Waals surface area contributed by atoms with Gasteiger partial charge in [0.1, 0.15) is 29.2 Å². The van der Waals surface area contributed by atoms with Crippen LogP contribution in [0.1, 0.15) is 53.8 Å². The standard InChI is InChI=1S/C21H20N6/c22-11-17-16-7-3-1-2-4-8-19(16)26-21(18(17)12-23)24-13-15-14-27-10-6-5-9-20(27)25-15/h5-6,9-10,14H,1-4,7-8,13H2,(H,24,26). The number of hydrogen-bond donors (Lipinski definition) is 1. The minimum atomic E-state index is 0.348. The Labute approximate surface area is 158 Å². The number of nitrogens with zero attached hydrogens (tertiary/aromatic N) is 5. The van der Waals surface area contributed by atoms with Crippen molar-refractivity contribution in [2.45, 2.75) is 45.1 Å². The molecule has 6 nitrogen and oxygen atoms in total. The molecule has 0 saturated carbocycles. The maximum Gasteiger partial charge on any atom is 0.145 e. The van der Waals surface area contributed by atoms with Crippen molar-refractivity contribution in [3.05, 3.63) is 58.7 Å². The summed E-state index contributed by atoms with van der Waals surface area (Å²) < 4.78 is 1.96. The highest BCUT2D eigenvalue weighted by atomic mass is 15.0. The van der Waals surface area contributed by atoms with Crippen LogP contribution in [0.25, 0.3) is 5.65 Å². The normalized spacial score (nSPS) is 13.9. The Morgan fingerprint density at radius 3 is 2.59 bits per heavy atom. The number of fused-ring (bicyclic) bond motifs is 2. The van der Waals surface area contributed by atoms with Gasteiger partial charge in [0.05, 0.1) is 17.8 Å². The van der Waals surface area contributed by atoms with E-state index < -0.39 is 0 Å². The minimum Gasteiger partial charge on any atom is -0.363 e. The number of aromatic nitrogens is 3. The summed E-state index contributed by atoms with van der Waals surface area (Å²) in [6.07, 6.45) is 10.1. The zero-order valence-corrected chi connectivity index (χ0v) is 15.1. The van der Waals surface area contributed by atoms with Gasteiger partial charge in [-0.05, 0) is 43.4 Å². The van der Waals surface area contributed by atoms with Crippen molar-refractivity contribution in [3.8, 4) is 12.1 Å². The lowest BCUT2D eigenvalue weighted by Gasteiger charge is -2.17. The van der Waals surface area contributed by atoms with E-state index >= 15 is 0 Å². The predicted molar refractivity (Wildman–Crippen MR) is 102 cm³/mol. The topological polar surface area (TPSA) is 89.8 Å². The van der Waals surface area contributed by atoms with E-state index in [1.807, 2.05) is 35.0 Å². The number of anilines is 1. The van der Waals surface area contributed by atoms with Gasteiger partial charge in [-0.25, -0.2) is 9.97 Å². The fourth-order valence-corrected chi connectivity index (χ4v) is 3.70. The van der Waals surface area contributed by atoms with Crippen LogP contribution in [-0.4, -0.2) is 14.4 Å². The first-order chi connectivity index (χ1) is 13.3. The summed E-state index contributed by atoms with van der Waals surface area (Å²) in [5.41, 5.74) is 4.49. The van der Waals surface area contributed by atoms with Crippen molar-refractivity contribution in [2.24, 2.45) is 0 Å². The van der Waals surface area contributed by atoms with E-state index in [1.54, 1.807) is 0 Å². The summed E-state index contributed by atoms with van der Waals surface area (Å²) in [6, 6.07) is 10.3. The van der Waals surface area contributed by atoms with Crippen molar-refractivity contribution in [1.29, 1.82) is 10.5 Å². The molecule has 0 aromatic carbocycles. The number of pyridine rings is 2. The molecule has 0 unspecified atom stereocenters. The van der Waals surface area contributed by atoms with Gasteiger partial charge < -0.3 is 9.72 Å². The van der Waals surface area contributed by atoms with E-state index in [0.29, 0.717) is 23.5 Å². The average Bonchev–Trinajstić information content (AvgIpc) is 3.09. The van der Waals surface area contributed by atoms with Gasteiger partial charge in [-0.3, -0.25) is 0 Å². The molecule has 0 fully saturated rings. The van der Waals surface area contributed by atoms with Crippen molar-refractivity contribution in [2.75, 3.05) is 5.32 Å². The number of nitrogens with one attached hydrogen (secondary N) is 1. The average molecular weight is 356 g/mol. The van der Waals surface area contributed by atoms with Crippen molar-refractivity contribution < 1.29 is 0 Å². The van der Waals surface area contributed by atoms with Gasteiger partial charge in [0.25, 0.3) is 0 Å². The Bertz CT molecular complexity index is 1030. The molecule has 3 aromatic rings. The molecule has 0 aliphatic heterocycles. The monoisotopic (exact) mass is 356 g/mol. The van der Waals surface area contributed by atoms with E-state index in [2.05, 4.69) is 22.4 Å². The first-order valence-corrected chi connectivity index (χ1v) is 9.32. The number of imidazole rings is 1. The zero-order chi connectivity index (χ0) is 18.6. The van der Waals surface area contributed by atoms with Crippen LogP contribution in [0, 0.1) is 22.7 Å².